The highest BCUT2D eigenvalue weighted by Crippen LogP contribution is 2.72. The molecule has 0 unspecified atom stereocenters. The van der Waals surface area contributed by atoms with E-state index in [1.54, 1.807) is 0 Å². The number of hydrogen-bond acceptors (Lipinski definition) is 3. The maximum absolute atomic E-state index is 11.6. The lowest BCUT2D eigenvalue weighted by Gasteiger charge is -2.63. The molecule has 1 N–H and O–H groups in total. The molecule has 4 rings (SSSR count). The van der Waals surface area contributed by atoms with Crippen molar-refractivity contribution in [3.63, 3.8) is 0 Å². The maximum atomic E-state index is 11.6. The third-order valence-corrected chi connectivity index (χ3v) is 8.33. The Morgan fingerprint density at radius 1 is 1.17 bits per heavy atom. The van der Waals surface area contributed by atoms with Crippen molar-refractivity contribution in [2.75, 3.05) is 0 Å². The van der Waals surface area contributed by atoms with Crippen molar-refractivity contribution >= 4 is 5.97 Å². The van der Waals surface area contributed by atoms with Gasteiger partial charge < -0.3 is 15.0 Å². The summed E-state index contributed by atoms with van der Waals surface area (Å²) < 4.78 is 0. The molecule has 0 amide bonds. The van der Waals surface area contributed by atoms with Crippen molar-refractivity contribution in [3.8, 4) is 0 Å². The van der Waals surface area contributed by atoms with Gasteiger partial charge in [0, 0.05) is 11.9 Å². The molecule has 23 heavy (non-hydrogen) atoms. The molecule has 4 aliphatic carbocycles. The first-order chi connectivity index (χ1) is 10.6. The zero-order chi connectivity index (χ0) is 16.7. The third kappa shape index (κ3) is 1.89. The van der Waals surface area contributed by atoms with E-state index in [0.29, 0.717) is 31.1 Å². The van der Waals surface area contributed by atoms with E-state index in [2.05, 4.69) is 32.9 Å². The monoisotopic (exact) mass is 317 g/mol. The molecule has 0 radical (unpaired) electrons. The van der Waals surface area contributed by atoms with Crippen LogP contribution in [0.1, 0.15) is 65.7 Å². The number of hydrogen-bond donors (Lipinski definition) is 1. The largest absolute Gasteiger partial charge is 0.550 e. The second-order valence-corrected chi connectivity index (χ2v) is 9.83. The van der Waals surface area contributed by atoms with Gasteiger partial charge in [-0.05, 0) is 73.0 Å². The van der Waals surface area contributed by atoms with E-state index in [1.165, 1.54) is 0 Å². The summed E-state index contributed by atoms with van der Waals surface area (Å²) in [4.78, 5) is 11.6. The van der Waals surface area contributed by atoms with Crippen molar-refractivity contribution < 1.29 is 15.0 Å². The maximum Gasteiger partial charge on any atom is 0.0733 e. The van der Waals surface area contributed by atoms with Gasteiger partial charge in [-0.25, -0.2) is 0 Å². The predicted octanol–water partition coefficient (Wildman–Crippen LogP) is 2.68. The van der Waals surface area contributed by atoms with Crippen molar-refractivity contribution in [2.24, 2.45) is 34.0 Å². The Morgan fingerprint density at radius 3 is 2.57 bits per heavy atom. The normalized spacial score (nSPS) is 53.5. The van der Waals surface area contributed by atoms with E-state index >= 15 is 0 Å². The minimum atomic E-state index is -1.04. The highest BCUT2D eigenvalue weighted by Gasteiger charge is 2.67. The summed E-state index contributed by atoms with van der Waals surface area (Å²) in [7, 11) is 0. The predicted molar refractivity (Wildman–Crippen MR) is 86.2 cm³/mol. The number of allylic oxidation sites excluding steroid dienone is 2. The van der Waals surface area contributed by atoms with Crippen LogP contribution in [0.25, 0.3) is 0 Å². The lowest BCUT2D eigenvalue weighted by molar-refractivity contribution is -0.316. The van der Waals surface area contributed by atoms with Gasteiger partial charge in [-0.3, -0.25) is 0 Å². The number of carbonyl (C=O) groups excluding carboxylic acids is 1. The molecule has 0 heterocycles. The van der Waals surface area contributed by atoms with Crippen LogP contribution in [0.15, 0.2) is 12.2 Å². The Bertz CT molecular complexity index is 579. The second-order valence-electron chi connectivity index (χ2n) is 9.83. The van der Waals surface area contributed by atoms with Crippen LogP contribution in [0.5, 0.6) is 0 Å². The average molecular weight is 317 g/mol. The highest BCUT2D eigenvalue weighted by atomic mass is 16.4. The molecule has 3 saturated carbocycles. The summed E-state index contributed by atoms with van der Waals surface area (Å²) in [5, 5.41) is 22.5. The Hall–Kier alpha value is -0.830. The molecule has 3 fully saturated rings. The summed E-state index contributed by atoms with van der Waals surface area (Å²) in [6.45, 7) is 7.13. The van der Waals surface area contributed by atoms with E-state index in [0.717, 1.165) is 25.7 Å². The fourth-order valence-corrected chi connectivity index (χ4v) is 7.57. The van der Waals surface area contributed by atoms with Crippen molar-refractivity contribution in [2.45, 2.75) is 71.3 Å². The van der Waals surface area contributed by atoms with Crippen LogP contribution < -0.4 is 5.11 Å². The third-order valence-electron chi connectivity index (χ3n) is 8.33. The highest BCUT2D eigenvalue weighted by molar-refractivity contribution is 5.70. The van der Waals surface area contributed by atoms with Crippen LogP contribution in [0.4, 0.5) is 0 Å². The van der Waals surface area contributed by atoms with Crippen LogP contribution in [0.3, 0.4) is 0 Å². The molecule has 128 valence electrons. The molecule has 4 aliphatic rings. The number of rotatable bonds is 1. The van der Waals surface area contributed by atoms with E-state index in [4.69, 9.17) is 0 Å². The van der Waals surface area contributed by atoms with Gasteiger partial charge >= 0.3 is 0 Å². The van der Waals surface area contributed by atoms with Gasteiger partial charge in [0.25, 0.3) is 0 Å². The van der Waals surface area contributed by atoms with E-state index in [-0.39, 0.29) is 16.2 Å². The summed E-state index contributed by atoms with van der Waals surface area (Å²) in [6.07, 6.45) is 11.0. The summed E-state index contributed by atoms with van der Waals surface area (Å²) in [5.41, 5.74) is -0.545. The van der Waals surface area contributed by atoms with Crippen LogP contribution in [-0.4, -0.2) is 16.7 Å². The van der Waals surface area contributed by atoms with Crippen molar-refractivity contribution in [3.05, 3.63) is 12.2 Å². The molecule has 0 aliphatic heterocycles. The molecule has 0 aromatic rings. The minimum absolute atomic E-state index is 0.0181. The number of carboxylic acids is 1. The lowest BCUT2D eigenvalue weighted by Crippen LogP contribution is -2.56. The van der Waals surface area contributed by atoms with Gasteiger partial charge in [-0.2, -0.15) is 0 Å². The Kier molecular flexibility index (Phi) is 3.01. The van der Waals surface area contributed by atoms with E-state index in [1.807, 2.05) is 0 Å². The zero-order valence-electron chi connectivity index (χ0n) is 14.6. The van der Waals surface area contributed by atoms with Gasteiger partial charge in [0.1, 0.15) is 0 Å². The standard InChI is InChI=1S/C20H30O3/c1-17(2)7-4-8-18(3)14(17)5-9-19-11-13(16(21)22)20(23,12-19)10-6-15(18)19/h4,7,13-15,23H,5-6,8-12H2,1-3H3,(H,21,22)/p-1/t13-,14-,15+,18-,19-,20+/m1/s1. The zero-order valence-corrected chi connectivity index (χ0v) is 14.6. The van der Waals surface area contributed by atoms with Gasteiger partial charge in [0.15, 0.2) is 0 Å². The molecule has 0 saturated heterocycles. The van der Waals surface area contributed by atoms with Crippen molar-refractivity contribution in [1.29, 1.82) is 0 Å². The van der Waals surface area contributed by atoms with Gasteiger partial charge in [-0.1, -0.05) is 32.9 Å². The topological polar surface area (TPSA) is 60.4 Å². The average Bonchev–Trinajstić information content (AvgIpc) is 2.64. The number of aliphatic hydroxyl groups is 1. The molecular weight excluding hydrogens is 288 g/mol. The number of carbonyl (C=O) groups is 1. The van der Waals surface area contributed by atoms with E-state index < -0.39 is 17.5 Å². The first-order valence-corrected chi connectivity index (χ1v) is 9.24. The fourth-order valence-electron chi connectivity index (χ4n) is 7.57. The molecule has 0 aromatic carbocycles. The number of fused-ring (bicyclic) bond motifs is 3. The first-order valence-electron chi connectivity index (χ1n) is 9.24. The quantitative estimate of drug-likeness (QED) is 0.756. The summed E-state index contributed by atoms with van der Waals surface area (Å²) in [6, 6.07) is 0. The molecule has 3 heteroatoms. The van der Waals surface area contributed by atoms with Gasteiger partial charge in [-0.15, -0.1) is 0 Å². The summed E-state index contributed by atoms with van der Waals surface area (Å²) in [5.74, 6) is -0.521. The molecule has 3 nitrogen and oxygen atoms in total. The number of carboxylic acid groups (broad SMARTS) is 1. The van der Waals surface area contributed by atoms with Gasteiger partial charge in [0.2, 0.25) is 0 Å². The summed E-state index contributed by atoms with van der Waals surface area (Å²) >= 11 is 0. The Labute approximate surface area is 139 Å². The molecule has 0 aromatic heterocycles. The fraction of sp³-hybridized carbons (Fsp3) is 0.850. The van der Waals surface area contributed by atoms with E-state index in [9.17, 15) is 15.0 Å². The van der Waals surface area contributed by atoms with Gasteiger partial charge in [0.05, 0.1) is 5.60 Å². The Balaban J connectivity index is 1.75. The van der Waals surface area contributed by atoms with Crippen LogP contribution in [-0.2, 0) is 4.79 Å². The van der Waals surface area contributed by atoms with Crippen LogP contribution in [0, 0.1) is 34.0 Å². The van der Waals surface area contributed by atoms with Crippen molar-refractivity contribution in [1.82, 2.24) is 0 Å². The first kappa shape index (κ1) is 15.7. The SMILES string of the molecule is CC1(C)C=CC[C@]2(C)[C@@H]1CC[C@]13C[C@H](C(=O)[O-])[C@](O)(CC[C@H]12)C3. The minimum Gasteiger partial charge on any atom is -0.550 e. The smallest absolute Gasteiger partial charge is 0.0733 e. The number of aliphatic carboxylic acids is 1. The molecule has 6 atom stereocenters. The molecule has 1 spiro atoms. The molecule has 2 bridgehead atoms. The van der Waals surface area contributed by atoms with Crippen LogP contribution >= 0.6 is 0 Å². The Morgan fingerprint density at radius 2 is 1.87 bits per heavy atom. The lowest BCUT2D eigenvalue weighted by atomic mass is 9.42. The molecular formula is C20H29O3-. The van der Waals surface area contributed by atoms with Crippen LogP contribution in [0.2, 0.25) is 0 Å². The second kappa shape index (κ2) is 4.41.